The van der Waals surface area contributed by atoms with Crippen molar-refractivity contribution in [3.8, 4) is 0 Å². The Hall–Kier alpha value is -0.526. The molecule has 0 atom stereocenters. The van der Waals surface area contributed by atoms with E-state index in [1.165, 1.54) is 51.0 Å². The molecule has 0 N–H and O–H groups in total. The molecule has 3 rings (SSSR count). The van der Waals surface area contributed by atoms with Crippen molar-refractivity contribution in [2.75, 3.05) is 0 Å². The van der Waals surface area contributed by atoms with E-state index in [0.717, 1.165) is 6.42 Å². The van der Waals surface area contributed by atoms with Gasteiger partial charge in [0.15, 0.2) is 0 Å². The summed E-state index contributed by atoms with van der Waals surface area (Å²) in [6.07, 6.45) is 9.55. The average Bonchev–Trinajstić information content (AvgIpc) is 3.07. The van der Waals surface area contributed by atoms with E-state index in [-0.39, 0.29) is 24.8 Å². The van der Waals surface area contributed by atoms with Crippen LogP contribution in [0.25, 0.3) is 9.45 Å². The summed E-state index contributed by atoms with van der Waals surface area (Å²) in [7, 11) is 0. The number of hydrogen-bond acceptors (Lipinski definition) is 0. The molecule has 0 spiro atoms. The van der Waals surface area contributed by atoms with Crippen molar-refractivity contribution in [3.63, 3.8) is 0 Å². The number of allylic oxidation sites excluding steroid dienone is 7. The third-order valence-corrected chi connectivity index (χ3v) is 5.41. The molecule has 2 aliphatic rings. The fraction of sp³-hybridized carbons (Fsp3) is 0.333. The molecule has 0 fully saturated rings. The molecule has 24 heavy (non-hydrogen) atoms. The fourth-order valence-electron chi connectivity index (χ4n) is 3.55. The van der Waals surface area contributed by atoms with Crippen molar-refractivity contribution in [1.29, 1.82) is 0 Å². The zero-order valence-corrected chi connectivity index (χ0v) is 17.6. The number of fused-ring (bicyclic) bond motifs is 1. The van der Waals surface area contributed by atoms with E-state index in [9.17, 15) is 0 Å². The molecule has 2 aliphatic carbocycles. The molecule has 0 radical (unpaired) electrons. The van der Waals surface area contributed by atoms with Crippen LogP contribution in [0, 0.1) is 0 Å². The minimum atomic E-state index is 0. The van der Waals surface area contributed by atoms with Crippen LogP contribution in [0.2, 0.25) is 0 Å². The quantitative estimate of drug-likeness (QED) is 0.641. The van der Waals surface area contributed by atoms with Gasteiger partial charge in [0.2, 0.25) is 0 Å². The molecule has 0 heterocycles. The Labute approximate surface area is 170 Å². The first-order valence-electron chi connectivity index (χ1n) is 8.27. The molecular weight excluding hydrogens is 371 g/mol. The van der Waals surface area contributed by atoms with Gasteiger partial charge in [0.05, 0.1) is 0 Å². The van der Waals surface area contributed by atoms with E-state index in [0.29, 0.717) is 0 Å². The maximum Gasteiger partial charge on any atom is -1.00 e. The maximum atomic E-state index is 2.36. The molecule has 0 unspecified atom stereocenters. The third-order valence-electron chi connectivity index (χ3n) is 4.60. The summed E-state index contributed by atoms with van der Waals surface area (Å²) < 4.78 is 1.46. The van der Waals surface area contributed by atoms with Crippen LogP contribution < -0.4 is 24.8 Å². The Morgan fingerprint density at radius 3 is 2.38 bits per heavy atom. The number of halogens is 2. The predicted molar refractivity (Wildman–Crippen MR) is 91.9 cm³/mol. The smallest absolute Gasteiger partial charge is 1.00 e. The normalized spacial score (nSPS) is 15.5. The van der Waals surface area contributed by atoms with E-state index >= 15 is 0 Å². The van der Waals surface area contributed by atoms with Crippen LogP contribution in [0.3, 0.4) is 0 Å². The Morgan fingerprint density at radius 2 is 1.75 bits per heavy atom. The monoisotopic (exact) mass is 393 g/mol. The molecular formula is C21H23Cl2Ti. The summed E-state index contributed by atoms with van der Waals surface area (Å²) >= 11 is 2.30. The third kappa shape index (κ3) is 3.83. The van der Waals surface area contributed by atoms with Gasteiger partial charge in [-0.25, -0.2) is 0 Å². The summed E-state index contributed by atoms with van der Waals surface area (Å²) in [5, 5.41) is 0. The second-order valence-corrected chi connectivity index (χ2v) is 7.17. The first-order chi connectivity index (χ1) is 10.6. The van der Waals surface area contributed by atoms with E-state index < -0.39 is 0 Å². The van der Waals surface area contributed by atoms with Crippen LogP contribution in [0.5, 0.6) is 0 Å². The van der Waals surface area contributed by atoms with Crippen molar-refractivity contribution in [2.45, 2.75) is 46.5 Å². The summed E-state index contributed by atoms with van der Waals surface area (Å²) in [6, 6.07) is 8.88. The van der Waals surface area contributed by atoms with Gasteiger partial charge < -0.3 is 24.8 Å². The van der Waals surface area contributed by atoms with Crippen LogP contribution in [-0.4, -0.2) is 0 Å². The summed E-state index contributed by atoms with van der Waals surface area (Å²) in [5.74, 6) is 0. The Kier molecular flexibility index (Phi) is 8.29. The van der Waals surface area contributed by atoms with Gasteiger partial charge in [0.1, 0.15) is 0 Å². The molecule has 1 aromatic carbocycles. The van der Waals surface area contributed by atoms with Gasteiger partial charge in [0.25, 0.3) is 0 Å². The molecule has 0 aliphatic heterocycles. The van der Waals surface area contributed by atoms with Gasteiger partial charge >= 0.3 is 146 Å². The van der Waals surface area contributed by atoms with E-state index in [2.05, 4.69) is 77.6 Å². The summed E-state index contributed by atoms with van der Waals surface area (Å²) in [4.78, 5) is 0. The van der Waals surface area contributed by atoms with Gasteiger partial charge in [0, 0.05) is 0 Å². The molecule has 0 amide bonds. The first-order valence-corrected chi connectivity index (χ1v) is 9.05. The number of rotatable bonds is 4. The minimum Gasteiger partial charge on any atom is -1.00 e. The Balaban J connectivity index is 0.00000144. The van der Waals surface area contributed by atoms with Crippen molar-refractivity contribution >= 4 is 9.45 Å². The van der Waals surface area contributed by atoms with Gasteiger partial charge in [-0.3, -0.25) is 0 Å². The average molecular weight is 394 g/mol. The number of hydrogen-bond donors (Lipinski definition) is 0. The van der Waals surface area contributed by atoms with E-state index in [1.54, 1.807) is 11.1 Å². The van der Waals surface area contributed by atoms with Gasteiger partial charge in [-0.15, -0.1) is 0 Å². The molecule has 125 valence electrons. The molecule has 0 saturated heterocycles. The number of benzene rings is 1. The standard InChI is InChI=1S/C21H23.2ClH.Ti/c1-4-5-9-16-11-8-13-18(16)20-14-17-10-6-7-12-19(17)21(20)15(2)3;;;/h6-8,10-12H,4-5,9,13H2,1-3H3;2*1H;/q;;;+2/p-2. The van der Waals surface area contributed by atoms with Gasteiger partial charge in [-0.05, 0) is 0 Å². The zero-order chi connectivity index (χ0) is 15.7. The van der Waals surface area contributed by atoms with Gasteiger partial charge in [-0.1, -0.05) is 0 Å². The van der Waals surface area contributed by atoms with Crippen LogP contribution in [-0.2, 0) is 20.4 Å². The summed E-state index contributed by atoms with van der Waals surface area (Å²) in [6.45, 7) is 6.77. The van der Waals surface area contributed by atoms with Crippen molar-refractivity contribution in [3.05, 3.63) is 69.8 Å². The molecule has 0 aromatic heterocycles. The second kappa shape index (κ2) is 9.25. The van der Waals surface area contributed by atoms with Crippen LogP contribution in [0.1, 0.15) is 57.6 Å². The van der Waals surface area contributed by atoms with Crippen molar-refractivity contribution < 1.29 is 45.2 Å². The Morgan fingerprint density at radius 1 is 1.08 bits per heavy atom. The SMILES string of the molecule is CCCCC1=C(C2=[C]([Ti+2])c3ccccc3C2=C(C)C)CC=C1.[Cl-].[Cl-]. The fourth-order valence-corrected chi connectivity index (χ4v) is 4.32. The molecule has 0 bridgehead atoms. The van der Waals surface area contributed by atoms with E-state index in [1.807, 2.05) is 0 Å². The topological polar surface area (TPSA) is 0 Å². The number of unbranched alkanes of at least 4 members (excludes halogenated alkanes) is 1. The van der Waals surface area contributed by atoms with Crippen LogP contribution in [0.15, 0.2) is 58.7 Å². The maximum absolute atomic E-state index is 2.36. The predicted octanol–water partition coefficient (Wildman–Crippen LogP) is 0.206. The molecule has 1 aromatic rings. The van der Waals surface area contributed by atoms with Crippen molar-refractivity contribution in [2.24, 2.45) is 0 Å². The minimum absolute atomic E-state index is 0. The largest absolute Gasteiger partial charge is 1.00 e. The molecule has 3 heteroatoms. The van der Waals surface area contributed by atoms with E-state index in [4.69, 9.17) is 0 Å². The van der Waals surface area contributed by atoms with Crippen LogP contribution >= 0.6 is 0 Å². The van der Waals surface area contributed by atoms with Crippen LogP contribution in [0.4, 0.5) is 0 Å². The summed E-state index contributed by atoms with van der Waals surface area (Å²) in [5.41, 5.74) is 10.4. The zero-order valence-electron chi connectivity index (χ0n) is 14.5. The Bertz CT molecular complexity index is 732. The molecule has 0 nitrogen and oxygen atoms in total. The van der Waals surface area contributed by atoms with Crippen molar-refractivity contribution in [1.82, 2.24) is 0 Å². The van der Waals surface area contributed by atoms with Gasteiger partial charge in [-0.2, -0.15) is 0 Å². The molecule has 0 saturated carbocycles. The first kappa shape index (κ1) is 21.5. The second-order valence-electron chi connectivity index (χ2n) is 6.38.